The van der Waals surface area contributed by atoms with Crippen molar-refractivity contribution in [2.75, 3.05) is 0 Å². The Morgan fingerprint density at radius 1 is 0.483 bits per heavy atom. The summed E-state index contributed by atoms with van der Waals surface area (Å²) in [4.78, 5) is 0. The van der Waals surface area contributed by atoms with Gasteiger partial charge in [0, 0.05) is 4.11 Å². The van der Waals surface area contributed by atoms with Gasteiger partial charge in [-0.05, 0) is 135 Å². The zero-order valence-electron chi connectivity index (χ0n) is 23.5. The second-order valence-electron chi connectivity index (χ2n) is 12.6. The summed E-state index contributed by atoms with van der Waals surface area (Å²) >= 11 is 0. The molecule has 0 saturated heterocycles. The number of hydrogen-bond acceptors (Lipinski definition) is 0. The van der Waals surface area contributed by atoms with E-state index in [1.807, 2.05) is 0 Å². The zero-order chi connectivity index (χ0) is 23.5. The van der Waals surface area contributed by atoms with E-state index in [0.717, 1.165) is 47.3 Å². The van der Waals surface area contributed by atoms with Gasteiger partial charge in [-0.3, -0.25) is 0 Å². The molecule has 0 nitrogen and oxygen atoms in total. The first-order valence-corrected chi connectivity index (χ1v) is 13.2. The zero-order valence-corrected chi connectivity index (χ0v) is 20.5. The van der Waals surface area contributed by atoms with Crippen LogP contribution in [0.15, 0.2) is 0 Å². The molecule has 29 heavy (non-hydrogen) atoms. The average Bonchev–Trinajstić information content (AvgIpc) is 3.48. The van der Waals surface area contributed by atoms with Crippen LogP contribution in [0.1, 0.15) is 116 Å². The van der Waals surface area contributed by atoms with Gasteiger partial charge >= 0.3 is 0 Å². The molecule has 7 aliphatic carbocycles. The Kier molecular flexibility index (Phi) is 5.91. The second-order valence-corrected chi connectivity index (χ2v) is 12.6. The minimum Gasteiger partial charge on any atom is -0.0625 e. The molecule has 0 aliphatic heterocycles. The van der Waals surface area contributed by atoms with E-state index in [0.29, 0.717) is 5.92 Å². The van der Waals surface area contributed by atoms with Crippen molar-refractivity contribution in [1.82, 2.24) is 0 Å². The molecule has 0 spiro atoms. The van der Waals surface area contributed by atoms with Gasteiger partial charge in [0.2, 0.25) is 0 Å². The summed E-state index contributed by atoms with van der Waals surface area (Å²) in [5.74, 6) is 7.28. The molecule has 6 bridgehead atoms. The van der Waals surface area contributed by atoms with E-state index in [1.165, 1.54) is 70.6 Å². The highest BCUT2D eigenvalue weighted by atomic mass is 14.5. The van der Waals surface area contributed by atoms with E-state index in [4.69, 9.17) is 4.11 Å². The smallest absolute Gasteiger partial charge is 0.0300 e. The second kappa shape index (κ2) is 9.24. The van der Waals surface area contributed by atoms with E-state index in [9.17, 15) is 0 Å². The van der Waals surface area contributed by atoms with Crippen molar-refractivity contribution in [1.29, 1.82) is 0 Å². The first kappa shape index (κ1) is 18.6. The van der Waals surface area contributed by atoms with E-state index < -0.39 is 0 Å². The molecular formula is C29H52. The SMILES string of the molecule is [2H]C(C)(C)C1C2CCC1C2.[2H]C(C)(C)C1C2CCC1CC2.[2H]C(C)(C)C1CC2CCC1C2. The van der Waals surface area contributed by atoms with Gasteiger partial charge in [0.15, 0.2) is 0 Å². The van der Waals surface area contributed by atoms with Crippen molar-refractivity contribution in [3.63, 3.8) is 0 Å². The standard InChI is InChI=1S/2C10H18.C9H16/c1-7(2)10-6-8-3-4-9(10)5-8;1-7(2)10-8-3-4-9(10)6-5-8;1-6(2)9-7-3-4-8(9)5-7/h2*7-10H,3-6H2,1-2H3;6-9H,3-5H2,1-2H3/i2*7D;6D. The molecule has 0 heterocycles. The Morgan fingerprint density at radius 3 is 1.17 bits per heavy atom. The van der Waals surface area contributed by atoms with Gasteiger partial charge < -0.3 is 0 Å². The van der Waals surface area contributed by atoms with Gasteiger partial charge in [-0.15, -0.1) is 0 Å². The lowest BCUT2D eigenvalue weighted by molar-refractivity contribution is 0.104. The fourth-order valence-corrected chi connectivity index (χ4v) is 8.98. The number of rotatable bonds is 3. The molecule has 0 aromatic carbocycles. The molecule has 0 N–H and O–H groups in total. The van der Waals surface area contributed by atoms with Gasteiger partial charge in [0.25, 0.3) is 0 Å². The molecule has 7 aliphatic rings. The summed E-state index contributed by atoms with van der Waals surface area (Å²) < 4.78 is 23.9. The summed E-state index contributed by atoms with van der Waals surface area (Å²) in [5.41, 5.74) is 0. The third kappa shape index (κ3) is 4.62. The summed E-state index contributed by atoms with van der Waals surface area (Å²) in [6, 6.07) is 0. The largest absolute Gasteiger partial charge is 0.0625 e. The maximum Gasteiger partial charge on any atom is 0.0300 e. The van der Waals surface area contributed by atoms with Gasteiger partial charge in [0.1, 0.15) is 0 Å². The van der Waals surface area contributed by atoms with Gasteiger partial charge in [-0.25, -0.2) is 0 Å². The molecule has 0 heteroatoms. The van der Waals surface area contributed by atoms with Crippen LogP contribution in [0.4, 0.5) is 0 Å². The predicted octanol–water partition coefficient (Wildman–Crippen LogP) is 8.85. The van der Waals surface area contributed by atoms with Crippen molar-refractivity contribution in [2.24, 2.45) is 70.9 Å². The fourth-order valence-electron chi connectivity index (χ4n) is 8.98. The lowest BCUT2D eigenvalue weighted by Gasteiger charge is -2.38. The summed E-state index contributed by atoms with van der Waals surface area (Å²) in [6.45, 7) is 12.5. The molecular weight excluding hydrogens is 348 g/mol. The van der Waals surface area contributed by atoms with Crippen LogP contribution in [0.2, 0.25) is 0 Å². The molecule has 7 rings (SSSR count). The maximum atomic E-state index is 8.03. The first-order chi connectivity index (χ1) is 14.7. The molecule has 7 saturated carbocycles. The fraction of sp³-hybridized carbons (Fsp3) is 1.00. The minimum absolute atomic E-state index is 0.149. The molecule has 0 aromatic rings. The molecule has 5 unspecified atom stereocenters. The highest BCUT2D eigenvalue weighted by Gasteiger charge is 2.47. The Labute approximate surface area is 187 Å². The van der Waals surface area contributed by atoms with Crippen LogP contribution in [0, 0.1) is 70.9 Å². The van der Waals surface area contributed by atoms with E-state index in [2.05, 4.69) is 41.5 Å². The van der Waals surface area contributed by atoms with Crippen LogP contribution >= 0.6 is 0 Å². The van der Waals surface area contributed by atoms with Crippen LogP contribution in [0.25, 0.3) is 0 Å². The molecule has 0 amide bonds. The van der Waals surface area contributed by atoms with Crippen molar-refractivity contribution < 1.29 is 4.11 Å². The highest BCUT2D eigenvalue weighted by molar-refractivity contribution is 4.97. The topological polar surface area (TPSA) is 0 Å². The maximum absolute atomic E-state index is 8.03. The first-order valence-electron chi connectivity index (χ1n) is 14.7. The van der Waals surface area contributed by atoms with Crippen molar-refractivity contribution in [3.8, 4) is 0 Å². The van der Waals surface area contributed by atoms with Crippen LogP contribution in [0.5, 0.6) is 0 Å². The Hall–Kier alpha value is 0. The van der Waals surface area contributed by atoms with Crippen LogP contribution in [-0.4, -0.2) is 0 Å². The van der Waals surface area contributed by atoms with Crippen molar-refractivity contribution >= 4 is 0 Å². The normalized spacial score (nSPS) is 48.6. The Balaban J connectivity index is 0.000000115. The molecule has 7 fully saturated rings. The monoisotopic (exact) mass is 403 g/mol. The van der Waals surface area contributed by atoms with Gasteiger partial charge in [-0.1, -0.05) is 48.0 Å². The van der Waals surface area contributed by atoms with Gasteiger partial charge in [-0.2, -0.15) is 0 Å². The van der Waals surface area contributed by atoms with Crippen molar-refractivity contribution in [2.45, 2.75) is 112 Å². The summed E-state index contributed by atoms with van der Waals surface area (Å²) in [7, 11) is 0. The molecule has 0 aromatic heterocycles. The lowest BCUT2D eigenvalue weighted by atomic mass is 9.67. The highest BCUT2D eigenvalue weighted by Crippen LogP contribution is 2.56. The molecule has 5 atom stereocenters. The van der Waals surface area contributed by atoms with E-state index in [1.54, 1.807) is 0 Å². The van der Waals surface area contributed by atoms with Crippen LogP contribution in [-0.2, 0) is 0 Å². The summed E-state index contributed by atoms with van der Waals surface area (Å²) in [6.07, 6.45) is 15.6. The number of hydrogen-bond donors (Lipinski definition) is 0. The predicted molar refractivity (Wildman–Crippen MR) is 127 cm³/mol. The average molecular weight is 404 g/mol. The molecule has 0 radical (unpaired) electrons. The third-order valence-corrected chi connectivity index (χ3v) is 10.2. The van der Waals surface area contributed by atoms with E-state index >= 15 is 0 Å². The van der Waals surface area contributed by atoms with Gasteiger partial charge in [0.05, 0.1) is 0 Å². The lowest BCUT2D eigenvalue weighted by Crippen LogP contribution is -2.31. The third-order valence-electron chi connectivity index (χ3n) is 10.2. The minimum atomic E-state index is -0.167. The Morgan fingerprint density at radius 2 is 0.931 bits per heavy atom. The molecule has 168 valence electrons. The quantitative estimate of drug-likeness (QED) is 0.441. The van der Waals surface area contributed by atoms with Crippen LogP contribution < -0.4 is 0 Å². The van der Waals surface area contributed by atoms with Crippen LogP contribution in [0.3, 0.4) is 0 Å². The Bertz CT molecular complexity index is 602. The number of fused-ring (bicyclic) bond motifs is 5. The van der Waals surface area contributed by atoms with E-state index in [-0.39, 0.29) is 17.7 Å². The summed E-state index contributed by atoms with van der Waals surface area (Å²) in [5, 5.41) is 0. The van der Waals surface area contributed by atoms with Crippen molar-refractivity contribution in [3.05, 3.63) is 0 Å².